The van der Waals surface area contributed by atoms with Crippen LogP contribution in [0.5, 0.6) is 0 Å². The minimum Gasteiger partial charge on any atom is -0.385 e. The first-order valence-electron chi connectivity index (χ1n) is 4.43. The van der Waals surface area contributed by atoms with Crippen molar-refractivity contribution in [2.24, 2.45) is 0 Å². The molecule has 2 atom stereocenters. The Morgan fingerprint density at radius 1 is 1.33 bits per heavy atom. The molecule has 0 heterocycles. The number of nitriles is 1. The van der Waals surface area contributed by atoms with E-state index >= 15 is 0 Å². The van der Waals surface area contributed by atoms with E-state index in [1.54, 1.807) is 0 Å². The lowest BCUT2D eigenvalue weighted by Gasteiger charge is -2.15. The fourth-order valence-corrected chi connectivity index (χ4v) is 1.16. The zero-order chi connectivity index (χ0) is 11.4. The third kappa shape index (κ3) is 2.62. The number of ketones is 1. The number of aliphatic hydroxyl groups excluding tert-OH is 2. The van der Waals surface area contributed by atoms with Gasteiger partial charge in [0.1, 0.15) is 12.2 Å². The maximum absolute atomic E-state index is 10.8. The second-order valence-corrected chi connectivity index (χ2v) is 3.23. The van der Waals surface area contributed by atoms with Gasteiger partial charge in [-0.15, -0.1) is 0 Å². The van der Waals surface area contributed by atoms with Gasteiger partial charge < -0.3 is 10.2 Å². The maximum atomic E-state index is 10.8. The molecule has 0 fully saturated rings. The minimum atomic E-state index is -1.42. The number of carbonyl (C=O) groups excluding carboxylic acids is 1. The largest absolute Gasteiger partial charge is 0.385 e. The third-order valence-electron chi connectivity index (χ3n) is 2.10. The van der Waals surface area contributed by atoms with E-state index in [0.717, 1.165) is 0 Å². The van der Waals surface area contributed by atoms with Crippen LogP contribution in [-0.2, 0) is 4.79 Å². The van der Waals surface area contributed by atoms with Gasteiger partial charge in [-0.25, -0.2) is 0 Å². The van der Waals surface area contributed by atoms with Gasteiger partial charge >= 0.3 is 0 Å². The van der Waals surface area contributed by atoms with E-state index < -0.39 is 18.0 Å². The molecule has 0 aliphatic rings. The second-order valence-electron chi connectivity index (χ2n) is 3.23. The minimum absolute atomic E-state index is 0.414. The first kappa shape index (κ1) is 11.4. The SMILES string of the molecule is CC(=O)[C@H](O)[C@@H](O)c1ccc(C#N)cc1. The number of Topliss-reactive ketones (excluding diaryl/α,β-unsaturated/α-hetero) is 1. The molecule has 4 heteroatoms. The van der Waals surface area contributed by atoms with Crippen LogP contribution in [0.25, 0.3) is 0 Å². The second kappa shape index (κ2) is 4.69. The van der Waals surface area contributed by atoms with Gasteiger partial charge in [-0.05, 0) is 24.6 Å². The van der Waals surface area contributed by atoms with Gasteiger partial charge in [0.2, 0.25) is 0 Å². The van der Waals surface area contributed by atoms with Crippen molar-refractivity contribution in [1.82, 2.24) is 0 Å². The summed E-state index contributed by atoms with van der Waals surface area (Å²) in [5.41, 5.74) is 0.875. The third-order valence-corrected chi connectivity index (χ3v) is 2.10. The Bertz CT molecular complexity index is 391. The van der Waals surface area contributed by atoms with E-state index in [-0.39, 0.29) is 0 Å². The van der Waals surface area contributed by atoms with Crippen LogP contribution in [-0.4, -0.2) is 22.1 Å². The van der Waals surface area contributed by atoms with E-state index in [2.05, 4.69) is 0 Å². The predicted octanol–water partition coefficient (Wildman–Crippen LogP) is 0.542. The normalized spacial score (nSPS) is 14.0. The van der Waals surface area contributed by atoms with Crippen molar-refractivity contribution < 1.29 is 15.0 Å². The van der Waals surface area contributed by atoms with Crippen LogP contribution in [0.3, 0.4) is 0 Å². The molecule has 0 spiro atoms. The molecule has 78 valence electrons. The lowest BCUT2D eigenvalue weighted by molar-refractivity contribution is -0.130. The molecule has 0 radical (unpaired) electrons. The number of hydrogen-bond donors (Lipinski definition) is 2. The predicted molar refractivity (Wildman–Crippen MR) is 52.8 cm³/mol. The van der Waals surface area contributed by atoms with Crippen LogP contribution in [0, 0.1) is 11.3 Å². The van der Waals surface area contributed by atoms with E-state index in [1.165, 1.54) is 31.2 Å². The van der Waals surface area contributed by atoms with Crippen molar-refractivity contribution in [2.75, 3.05) is 0 Å². The smallest absolute Gasteiger partial charge is 0.161 e. The first-order chi connectivity index (χ1) is 7.06. The molecule has 0 unspecified atom stereocenters. The Balaban J connectivity index is 2.88. The van der Waals surface area contributed by atoms with Gasteiger partial charge in [-0.1, -0.05) is 12.1 Å². The van der Waals surface area contributed by atoms with Crippen molar-refractivity contribution in [3.63, 3.8) is 0 Å². The van der Waals surface area contributed by atoms with Gasteiger partial charge in [-0.3, -0.25) is 4.79 Å². The van der Waals surface area contributed by atoms with Crippen molar-refractivity contribution in [1.29, 1.82) is 5.26 Å². The van der Waals surface area contributed by atoms with Crippen molar-refractivity contribution in [2.45, 2.75) is 19.1 Å². The Labute approximate surface area is 87.4 Å². The summed E-state index contributed by atoms with van der Waals surface area (Å²) in [5.74, 6) is -0.494. The van der Waals surface area contributed by atoms with Crippen LogP contribution in [0.1, 0.15) is 24.2 Å². The molecule has 0 amide bonds. The molecule has 0 saturated heterocycles. The Morgan fingerprint density at radius 2 is 1.87 bits per heavy atom. The molecule has 0 aromatic heterocycles. The number of hydrogen-bond acceptors (Lipinski definition) is 4. The number of carbonyl (C=O) groups is 1. The molecule has 4 nitrogen and oxygen atoms in total. The fraction of sp³-hybridized carbons (Fsp3) is 0.273. The number of rotatable bonds is 3. The molecular formula is C11H11NO3. The number of nitrogens with zero attached hydrogens (tertiary/aromatic N) is 1. The topological polar surface area (TPSA) is 81.3 Å². The molecule has 0 aliphatic carbocycles. The van der Waals surface area contributed by atoms with Gasteiger partial charge in [-0.2, -0.15) is 5.26 Å². The average Bonchev–Trinajstić information content (AvgIpc) is 2.27. The van der Waals surface area contributed by atoms with Gasteiger partial charge in [0.15, 0.2) is 5.78 Å². The van der Waals surface area contributed by atoms with Crippen LogP contribution >= 0.6 is 0 Å². The lowest BCUT2D eigenvalue weighted by Crippen LogP contribution is -2.25. The van der Waals surface area contributed by atoms with Crippen LogP contribution < -0.4 is 0 Å². The fourth-order valence-electron chi connectivity index (χ4n) is 1.16. The van der Waals surface area contributed by atoms with Crippen molar-refractivity contribution >= 4 is 5.78 Å². The molecule has 1 rings (SSSR count). The van der Waals surface area contributed by atoms with E-state index in [0.29, 0.717) is 11.1 Å². The van der Waals surface area contributed by atoms with Crippen LogP contribution in [0.2, 0.25) is 0 Å². The van der Waals surface area contributed by atoms with Gasteiger partial charge in [0.05, 0.1) is 11.6 Å². The van der Waals surface area contributed by atoms with Gasteiger partial charge in [0, 0.05) is 0 Å². The first-order valence-corrected chi connectivity index (χ1v) is 4.43. The maximum Gasteiger partial charge on any atom is 0.161 e. The molecule has 0 saturated carbocycles. The summed E-state index contributed by atoms with van der Waals surface area (Å²) in [6, 6.07) is 7.99. The quantitative estimate of drug-likeness (QED) is 0.754. The molecule has 1 aromatic carbocycles. The van der Waals surface area contributed by atoms with Crippen molar-refractivity contribution in [3.05, 3.63) is 35.4 Å². The molecule has 0 aliphatic heterocycles. The number of aliphatic hydroxyl groups is 2. The highest BCUT2D eigenvalue weighted by Crippen LogP contribution is 2.17. The van der Waals surface area contributed by atoms with Crippen molar-refractivity contribution in [3.8, 4) is 6.07 Å². The highest BCUT2D eigenvalue weighted by Gasteiger charge is 2.21. The summed E-state index contributed by atoms with van der Waals surface area (Å²) in [6.07, 6.45) is -2.66. The zero-order valence-corrected chi connectivity index (χ0v) is 8.21. The summed E-state index contributed by atoms with van der Waals surface area (Å²) in [6.45, 7) is 1.21. The monoisotopic (exact) mass is 205 g/mol. The Morgan fingerprint density at radius 3 is 2.27 bits per heavy atom. The Hall–Kier alpha value is -1.70. The zero-order valence-electron chi connectivity index (χ0n) is 8.21. The summed E-state index contributed by atoms with van der Waals surface area (Å²) in [4.78, 5) is 10.8. The standard InChI is InChI=1S/C11H11NO3/c1-7(13)10(14)11(15)9-4-2-8(6-12)3-5-9/h2-5,10-11,14-15H,1H3/t10-,11-/m0/s1. The van der Waals surface area contributed by atoms with Crippen LogP contribution in [0.15, 0.2) is 24.3 Å². The summed E-state index contributed by atoms with van der Waals surface area (Å²) >= 11 is 0. The summed E-state index contributed by atoms with van der Waals surface area (Å²) in [5, 5.41) is 27.4. The summed E-state index contributed by atoms with van der Waals surface area (Å²) < 4.78 is 0. The average molecular weight is 205 g/mol. The molecule has 0 bridgehead atoms. The number of benzene rings is 1. The van der Waals surface area contributed by atoms with Crippen LogP contribution in [0.4, 0.5) is 0 Å². The highest BCUT2D eigenvalue weighted by atomic mass is 16.3. The lowest BCUT2D eigenvalue weighted by atomic mass is 10.0. The molecular weight excluding hydrogens is 194 g/mol. The van der Waals surface area contributed by atoms with E-state index in [9.17, 15) is 15.0 Å². The summed E-state index contributed by atoms with van der Waals surface area (Å²) in [7, 11) is 0. The molecule has 1 aromatic rings. The van der Waals surface area contributed by atoms with Gasteiger partial charge in [0.25, 0.3) is 0 Å². The Kier molecular flexibility index (Phi) is 3.56. The molecule has 15 heavy (non-hydrogen) atoms. The van der Waals surface area contributed by atoms with E-state index in [1.807, 2.05) is 6.07 Å². The van der Waals surface area contributed by atoms with E-state index in [4.69, 9.17) is 5.26 Å². The molecule has 2 N–H and O–H groups in total. The highest BCUT2D eigenvalue weighted by molar-refractivity contribution is 5.81.